The summed E-state index contributed by atoms with van der Waals surface area (Å²) in [5.74, 6) is 2.94. The third kappa shape index (κ3) is 7.62. The summed E-state index contributed by atoms with van der Waals surface area (Å²) in [5.41, 5.74) is 1.60. The van der Waals surface area contributed by atoms with Crippen molar-refractivity contribution in [2.24, 2.45) is 0 Å². The van der Waals surface area contributed by atoms with Crippen LogP contribution in [0.15, 0.2) is 33.5 Å². The quantitative estimate of drug-likeness (QED) is 0.168. The molecule has 40 heavy (non-hydrogen) atoms. The lowest BCUT2D eigenvalue weighted by Crippen LogP contribution is -2.07. The fourth-order valence-corrected chi connectivity index (χ4v) is 5.13. The monoisotopic (exact) mass is 556 g/mol. The lowest BCUT2D eigenvalue weighted by atomic mass is 10.00. The molecule has 0 amide bonds. The maximum Gasteiger partial charge on any atom is 0.197 e. The predicted molar refractivity (Wildman–Crippen MR) is 158 cm³/mol. The molecule has 8 heteroatoms. The van der Waals surface area contributed by atoms with Gasteiger partial charge in [-0.25, -0.2) is 0 Å². The first kappa shape index (κ1) is 31.1. The highest BCUT2D eigenvalue weighted by atomic mass is 16.5. The molecule has 3 rings (SSSR count). The first-order valence-corrected chi connectivity index (χ1v) is 14.2. The SMILES string of the molecule is COc1cc(OC)c(-c2cc(=O)c3c(OC)c(CCCCCCCCCCCCO)c(OC)cc3o2)cc1OC. The lowest BCUT2D eigenvalue weighted by Gasteiger charge is -2.17. The van der Waals surface area contributed by atoms with Gasteiger partial charge in [0.25, 0.3) is 0 Å². The van der Waals surface area contributed by atoms with Crippen LogP contribution in [0.4, 0.5) is 0 Å². The zero-order valence-electron chi connectivity index (χ0n) is 24.6. The molecular formula is C32H44O8. The van der Waals surface area contributed by atoms with Gasteiger partial charge in [0.2, 0.25) is 0 Å². The molecule has 0 saturated heterocycles. The highest BCUT2D eigenvalue weighted by Gasteiger charge is 2.22. The zero-order valence-corrected chi connectivity index (χ0v) is 24.6. The van der Waals surface area contributed by atoms with E-state index in [-0.39, 0.29) is 5.43 Å². The van der Waals surface area contributed by atoms with E-state index in [1.54, 1.807) is 53.7 Å². The fraction of sp³-hybridized carbons (Fsp3) is 0.531. The van der Waals surface area contributed by atoms with Crippen molar-refractivity contribution in [2.45, 2.75) is 70.6 Å². The van der Waals surface area contributed by atoms with E-state index >= 15 is 0 Å². The third-order valence-corrected chi connectivity index (χ3v) is 7.27. The Morgan fingerprint density at radius 3 is 1.73 bits per heavy atom. The fourth-order valence-electron chi connectivity index (χ4n) is 5.13. The van der Waals surface area contributed by atoms with E-state index in [2.05, 4.69) is 0 Å². The number of hydrogen-bond acceptors (Lipinski definition) is 8. The predicted octanol–water partition coefficient (Wildman–Crippen LogP) is 6.94. The van der Waals surface area contributed by atoms with Crippen molar-refractivity contribution >= 4 is 11.0 Å². The van der Waals surface area contributed by atoms with E-state index in [0.29, 0.717) is 57.6 Å². The number of hydrogen-bond donors (Lipinski definition) is 1. The highest BCUT2D eigenvalue weighted by molar-refractivity contribution is 5.89. The Balaban J connectivity index is 1.79. The van der Waals surface area contributed by atoms with Gasteiger partial charge >= 0.3 is 0 Å². The second-order valence-corrected chi connectivity index (χ2v) is 9.86. The van der Waals surface area contributed by atoms with Gasteiger partial charge in [0.1, 0.15) is 34.0 Å². The molecule has 1 N–H and O–H groups in total. The average molecular weight is 557 g/mol. The van der Waals surface area contributed by atoms with Crippen molar-refractivity contribution in [2.75, 3.05) is 42.2 Å². The van der Waals surface area contributed by atoms with Crippen LogP contribution in [-0.2, 0) is 6.42 Å². The molecule has 1 aromatic heterocycles. The van der Waals surface area contributed by atoms with Crippen LogP contribution in [0.1, 0.15) is 69.8 Å². The second-order valence-electron chi connectivity index (χ2n) is 9.86. The molecule has 0 fully saturated rings. The minimum Gasteiger partial charge on any atom is -0.496 e. The van der Waals surface area contributed by atoms with E-state index < -0.39 is 0 Å². The standard InChI is InChI=1S/C32H44O8/c1-35-25-21-30-31(32(39-5)22(25)16-14-12-10-8-6-7-9-11-13-15-17-33)24(34)19-27(40-30)23-18-28(37-3)29(38-4)20-26(23)36-2/h18-21,33H,6-17H2,1-5H3. The Kier molecular flexibility index (Phi) is 12.5. The Morgan fingerprint density at radius 2 is 1.18 bits per heavy atom. The number of fused-ring (bicyclic) bond motifs is 1. The van der Waals surface area contributed by atoms with Gasteiger partial charge in [0.05, 0.1) is 41.1 Å². The van der Waals surface area contributed by atoms with Crippen molar-refractivity contribution in [1.29, 1.82) is 0 Å². The number of benzene rings is 2. The van der Waals surface area contributed by atoms with Gasteiger partial charge in [-0.2, -0.15) is 0 Å². The van der Waals surface area contributed by atoms with Gasteiger partial charge in [-0.15, -0.1) is 0 Å². The molecule has 2 aromatic carbocycles. The molecule has 0 atom stereocenters. The maximum absolute atomic E-state index is 13.5. The van der Waals surface area contributed by atoms with Gasteiger partial charge in [-0.1, -0.05) is 51.4 Å². The van der Waals surface area contributed by atoms with Gasteiger partial charge < -0.3 is 33.2 Å². The molecule has 8 nitrogen and oxygen atoms in total. The topological polar surface area (TPSA) is 96.6 Å². The molecule has 0 saturated carbocycles. The summed E-state index contributed by atoms with van der Waals surface area (Å²) in [6, 6.07) is 6.64. The van der Waals surface area contributed by atoms with E-state index in [1.165, 1.54) is 44.6 Å². The van der Waals surface area contributed by atoms with Crippen LogP contribution in [0.3, 0.4) is 0 Å². The molecule has 0 radical (unpaired) electrons. The van der Waals surface area contributed by atoms with E-state index in [0.717, 1.165) is 37.7 Å². The van der Waals surface area contributed by atoms with Crippen LogP contribution in [0.2, 0.25) is 0 Å². The van der Waals surface area contributed by atoms with Crippen molar-refractivity contribution < 1.29 is 33.2 Å². The summed E-state index contributed by atoms with van der Waals surface area (Å²) < 4.78 is 34.1. The van der Waals surface area contributed by atoms with Crippen LogP contribution >= 0.6 is 0 Å². The van der Waals surface area contributed by atoms with Gasteiger partial charge in [0.15, 0.2) is 16.9 Å². The lowest BCUT2D eigenvalue weighted by molar-refractivity contribution is 0.282. The minimum absolute atomic E-state index is 0.215. The molecule has 0 bridgehead atoms. The van der Waals surface area contributed by atoms with Gasteiger partial charge in [0, 0.05) is 30.4 Å². The molecule has 220 valence electrons. The Hall–Kier alpha value is -3.39. The number of unbranched alkanes of at least 4 members (excludes halogenated alkanes) is 9. The van der Waals surface area contributed by atoms with Crippen LogP contribution in [0.25, 0.3) is 22.3 Å². The van der Waals surface area contributed by atoms with E-state index in [4.69, 9.17) is 33.2 Å². The molecular weight excluding hydrogens is 512 g/mol. The average Bonchev–Trinajstić information content (AvgIpc) is 2.98. The third-order valence-electron chi connectivity index (χ3n) is 7.27. The molecule has 1 heterocycles. The van der Waals surface area contributed by atoms with Crippen molar-refractivity contribution in [3.05, 3.63) is 40.1 Å². The van der Waals surface area contributed by atoms with Crippen LogP contribution in [0.5, 0.6) is 28.7 Å². The molecule has 0 aliphatic rings. The Morgan fingerprint density at radius 1 is 0.625 bits per heavy atom. The number of aliphatic hydroxyl groups is 1. The molecule has 0 unspecified atom stereocenters. The van der Waals surface area contributed by atoms with Crippen LogP contribution in [0, 0.1) is 0 Å². The minimum atomic E-state index is -0.215. The zero-order chi connectivity index (χ0) is 28.9. The number of rotatable bonds is 18. The second kappa shape index (κ2) is 16.0. The largest absolute Gasteiger partial charge is 0.496 e. The van der Waals surface area contributed by atoms with Gasteiger partial charge in [-0.3, -0.25) is 4.79 Å². The van der Waals surface area contributed by atoms with Gasteiger partial charge in [-0.05, 0) is 25.3 Å². The first-order chi connectivity index (χ1) is 19.5. The Labute approximate surface area is 237 Å². The number of aliphatic hydroxyl groups excluding tert-OH is 1. The normalized spacial score (nSPS) is 11.1. The van der Waals surface area contributed by atoms with Crippen molar-refractivity contribution in [3.8, 4) is 40.1 Å². The first-order valence-electron chi connectivity index (χ1n) is 14.2. The summed E-state index contributed by atoms with van der Waals surface area (Å²) in [7, 11) is 7.83. The summed E-state index contributed by atoms with van der Waals surface area (Å²) in [6.07, 6.45) is 12.2. The highest BCUT2D eigenvalue weighted by Crippen LogP contribution is 2.42. The summed E-state index contributed by atoms with van der Waals surface area (Å²) >= 11 is 0. The smallest absolute Gasteiger partial charge is 0.197 e. The van der Waals surface area contributed by atoms with Crippen molar-refractivity contribution in [3.63, 3.8) is 0 Å². The summed E-state index contributed by atoms with van der Waals surface area (Å²) in [5, 5.41) is 9.25. The number of ether oxygens (including phenoxy) is 5. The Bertz CT molecular complexity index is 1280. The van der Waals surface area contributed by atoms with Crippen LogP contribution in [-0.4, -0.2) is 47.3 Å². The van der Waals surface area contributed by atoms with E-state index in [1.807, 2.05) is 0 Å². The molecule has 0 aliphatic heterocycles. The van der Waals surface area contributed by atoms with Crippen LogP contribution < -0.4 is 29.1 Å². The molecule has 0 aliphatic carbocycles. The van der Waals surface area contributed by atoms with Crippen molar-refractivity contribution in [1.82, 2.24) is 0 Å². The maximum atomic E-state index is 13.5. The van der Waals surface area contributed by atoms with E-state index in [9.17, 15) is 4.79 Å². The number of methoxy groups -OCH3 is 5. The summed E-state index contributed by atoms with van der Waals surface area (Å²) in [4.78, 5) is 13.5. The molecule has 3 aromatic rings. The summed E-state index contributed by atoms with van der Waals surface area (Å²) in [6.45, 7) is 0.299. The molecule has 0 spiro atoms.